The van der Waals surface area contributed by atoms with Gasteiger partial charge in [0.15, 0.2) is 0 Å². The third-order valence-electron chi connectivity index (χ3n) is 4.65. The van der Waals surface area contributed by atoms with Crippen LogP contribution in [0.4, 0.5) is 10.1 Å². The van der Waals surface area contributed by atoms with Gasteiger partial charge in [0.1, 0.15) is 11.9 Å². The van der Waals surface area contributed by atoms with Gasteiger partial charge in [0, 0.05) is 38.5 Å². The van der Waals surface area contributed by atoms with Crippen molar-refractivity contribution in [3.05, 3.63) is 30.1 Å². The van der Waals surface area contributed by atoms with Gasteiger partial charge in [-0.15, -0.1) is 0 Å². The summed E-state index contributed by atoms with van der Waals surface area (Å²) in [4.78, 5) is 39.6. The molecule has 0 aromatic heterocycles. The highest BCUT2D eigenvalue weighted by atomic mass is 19.1. The Kier molecular flexibility index (Phi) is 5.82. The second kappa shape index (κ2) is 8.27. The first-order valence-electron chi connectivity index (χ1n) is 8.76. The van der Waals surface area contributed by atoms with E-state index in [1.807, 2.05) is 11.0 Å². The Morgan fingerprint density at radius 1 is 1.19 bits per heavy atom. The Balaban J connectivity index is 1.43. The molecule has 1 aromatic rings. The minimum Gasteiger partial charge on any atom is -0.370 e. The molecule has 0 bridgehead atoms. The molecule has 140 valence electrons. The van der Waals surface area contributed by atoms with E-state index in [0.717, 1.165) is 12.1 Å². The lowest BCUT2D eigenvalue weighted by Gasteiger charge is -2.36. The molecule has 2 saturated heterocycles. The molecule has 3 rings (SSSR count). The molecular weight excluding hydrogens is 341 g/mol. The average Bonchev–Trinajstić information content (AvgIpc) is 3.20. The molecule has 1 N–H and O–H groups in total. The summed E-state index contributed by atoms with van der Waals surface area (Å²) in [5.41, 5.74) is 0.785. The van der Waals surface area contributed by atoms with Gasteiger partial charge in [-0.2, -0.15) is 0 Å². The summed E-state index contributed by atoms with van der Waals surface area (Å²) in [5.74, 6) is -1.92. The van der Waals surface area contributed by atoms with Gasteiger partial charge >= 0.3 is 0 Å². The first-order chi connectivity index (χ1) is 12.5. The van der Waals surface area contributed by atoms with Crippen LogP contribution in [0.3, 0.4) is 0 Å². The van der Waals surface area contributed by atoms with Gasteiger partial charge < -0.3 is 19.9 Å². The molecule has 0 saturated carbocycles. The number of carbonyl (C=O) groups excluding carboxylic acids is 3. The lowest BCUT2D eigenvalue weighted by Crippen LogP contribution is -2.52. The number of nitrogens with zero attached hydrogens (tertiary/aromatic N) is 2. The van der Waals surface area contributed by atoms with Crippen LogP contribution in [0.25, 0.3) is 0 Å². The molecule has 1 atom stereocenters. The Hall–Kier alpha value is -2.48. The van der Waals surface area contributed by atoms with Gasteiger partial charge in [-0.3, -0.25) is 14.4 Å². The lowest BCUT2D eigenvalue weighted by molar-refractivity contribution is -0.144. The van der Waals surface area contributed by atoms with Gasteiger partial charge in [0.05, 0.1) is 6.54 Å². The number of halogens is 1. The summed E-state index contributed by atoms with van der Waals surface area (Å²) in [6.45, 7) is 2.39. The van der Waals surface area contributed by atoms with Crippen molar-refractivity contribution in [2.24, 2.45) is 0 Å². The van der Waals surface area contributed by atoms with Crippen LogP contribution in [0.1, 0.15) is 12.8 Å². The minimum absolute atomic E-state index is 0.211. The maximum atomic E-state index is 13.3. The van der Waals surface area contributed by atoms with Crippen molar-refractivity contribution in [1.29, 1.82) is 0 Å². The Labute approximate surface area is 151 Å². The third-order valence-corrected chi connectivity index (χ3v) is 4.65. The maximum Gasteiger partial charge on any atom is 0.290 e. The van der Waals surface area contributed by atoms with Crippen LogP contribution in [0.5, 0.6) is 0 Å². The molecule has 8 heteroatoms. The largest absolute Gasteiger partial charge is 0.370 e. The molecule has 26 heavy (non-hydrogen) atoms. The van der Waals surface area contributed by atoms with Gasteiger partial charge in [0.25, 0.3) is 5.91 Å². The number of ketones is 1. The molecule has 2 amide bonds. The maximum absolute atomic E-state index is 13.3. The minimum atomic E-state index is -0.774. The van der Waals surface area contributed by atoms with Crippen molar-refractivity contribution in [2.45, 2.75) is 18.9 Å². The van der Waals surface area contributed by atoms with E-state index in [2.05, 4.69) is 5.32 Å². The number of benzene rings is 1. The molecule has 2 fully saturated rings. The highest BCUT2D eigenvalue weighted by molar-refractivity contribution is 6.38. The zero-order chi connectivity index (χ0) is 18.5. The number of rotatable bonds is 5. The molecule has 0 aliphatic carbocycles. The van der Waals surface area contributed by atoms with Crippen LogP contribution in [0, 0.1) is 5.82 Å². The first kappa shape index (κ1) is 18.3. The Morgan fingerprint density at radius 2 is 1.96 bits per heavy atom. The molecule has 0 radical (unpaired) electrons. The number of carbonyl (C=O) groups is 3. The molecule has 0 spiro atoms. The number of nitrogens with one attached hydrogen (secondary N) is 1. The Morgan fingerprint density at radius 3 is 2.62 bits per heavy atom. The zero-order valence-electron chi connectivity index (χ0n) is 14.4. The number of piperazine rings is 1. The van der Waals surface area contributed by atoms with Crippen molar-refractivity contribution >= 4 is 23.3 Å². The highest BCUT2D eigenvalue weighted by Gasteiger charge is 2.30. The third kappa shape index (κ3) is 4.37. The van der Waals surface area contributed by atoms with E-state index in [0.29, 0.717) is 39.2 Å². The van der Waals surface area contributed by atoms with Crippen molar-refractivity contribution in [2.75, 3.05) is 44.2 Å². The van der Waals surface area contributed by atoms with E-state index in [4.69, 9.17) is 4.74 Å². The summed E-state index contributed by atoms with van der Waals surface area (Å²) < 4.78 is 18.5. The van der Waals surface area contributed by atoms with Crippen molar-refractivity contribution in [3.8, 4) is 0 Å². The smallest absolute Gasteiger partial charge is 0.290 e. The zero-order valence-corrected chi connectivity index (χ0v) is 14.4. The van der Waals surface area contributed by atoms with Crippen LogP contribution >= 0.6 is 0 Å². The lowest BCUT2D eigenvalue weighted by atomic mass is 10.1. The van der Waals surface area contributed by atoms with Crippen LogP contribution < -0.4 is 10.2 Å². The van der Waals surface area contributed by atoms with Gasteiger partial charge in [0.2, 0.25) is 11.7 Å². The fourth-order valence-electron chi connectivity index (χ4n) is 3.17. The second-order valence-electron chi connectivity index (χ2n) is 6.40. The number of ether oxygens (including phenoxy) is 1. The summed E-state index contributed by atoms with van der Waals surface area (Å²) in [5, 5.41) is 2.38. The molecule has 2 heterocycles. The quantitative estimate of drug-likeness (QED) is 0.764. The van der Waals surface area contributed by atoms with Crippen molar-refractivity contribution in [3.63, 3.8) is 0 Å². The predicted octanol–water partition coefficient (Wildman–Crippen LogP) is 0.339. The number of hydrogen-bond acceptors (Lipinski definition) is 5. The van der Waals surface area contributed by atoms with Gasteiger partial charge in [-0.25, -0.2) is 4.39 Å². The summed E-state index contributed by atoms with van der Waals surface area (Å²) in [6.07, 6.45) is 0.625. The Bertz CT molecular complexity index is 683. The van der Waals surface area contributed by atoms with E-state index in [1.54, 1.807) is 11.0 Å². The number of amides is 2. The standard InChI is InChI=1S/C18H22FN3O4/c19-13-3-1-4-14(11-13)21-6-8-22(9-7-21)16(23)12-20-18(25)17(24)15-5-2-10-26-15/h1,3-4,11,15H,2,5-10,12H2,(H,20,25). The monoisotopic (exact) mass is 363 g/mol. The normalized spacial score (nSPS) is 20.1. The van der Waals surface area contributed by atoms with Crippen molar-refractivity contribution in [1.82, 2.24) is 10.2 Å². The van der Waals surface area contributed by atoms with Crippen LogP contribution in [0.15, 0.2) is 24.3 Å². The van der Waals surface area contributed by atoms with E-state index in [-0.39, 0.29) is 18.3 Å². The van der Waals surface area contributed by atoms with Crippen LogP contribution in [0.2, 0.25) is 0 Å². The molecule has 2 aliphatic heterocycles. The number of anilines is 1. The summed E-state index contributed by atoms with van der Waals surface area (Å²) in [6, 6.07) is 6.35. The van der Waals surface area contributed by atoms with Crippen molar-refractivity contribution < 1.29 is 23.5 Å². The van der Waals surface area contributed by atoms with E-state index >= 15 is 0 Å². The fourth-order valence-corrected chi connectivity index (χ4v) is 3.17. The SMILES string of the molecule is O=C(NCC(=O)N1CCN(c2cccc(F)c2)CC1)C(=O)C1CCCO1. The van der Waals surface area contributed by atoms with Gasteiger partial charge in [-0.05, 0) is 31.0 Å². The molecule has 1 aromatic carbocycles. The van der Waals surface area contributed by atoms with E-state index in [9.17, 15) is 18.8 Å². The highest BCUT2D eigenvalue weighted by Crippen LogP contribution is 2.17. The van der Waals surface area contributed by atoms with E-state index < -0.39 is 17.8 Å². The molecule has 2 aliphatic rings. The van der Waals surface area contributed by atoms with Crippen LogP contribution in [-0.2, 0) is 19.1 Å². The molecule has 1 unspecified atom stereocenters. The molecular formula is C18H22FN3O4. The second-order valence-corrected chi connectivity index (χ2v) is 6.40. The fraction of sp³-hybridized carbons (Fsp3) is 0.500. The first-order valence-corrected chi connectivity index (χ1v) is 8.76. The predicted molar refractivity (Wildman–Crippen MR) is 92.2 cm³/mol. The summed E-state index contributed by atoms with van der Waals surface area (Å²) in [7, 11) is 0. The molecule has 7 nitrogen and oxygen atoms in total. The number of hydrogen-bond donors (Lipinski definition) is 1. The van der Waals surface area contributed by atoms with Crippen LogP contribution in [-0.4, -0.2) is 67.9 Å². The van der Waals surface area contributed by atoms with Gasteiger partial charge in [-0.1, -0.05) is 6.07 Å². The van der Waals surface area contributed by atoms with E-state index in [1.165, 1.54) is 12.1 Å². The topological polar surface area (TPSA) is 79.0 Å². The average molecular weight is 363 g/mol. The number of Topliss-reactive ketones (excluding diaryl/α,β-unsaturated/α-hetero) is 1. The summed E-state index contributed by atoms with van der Waals surface area (Å²) >= 11 is 0.